The van der Waals surface area contributed by atoms with Crippen LogP contribution >= 0.6 is 34.3 Å². The average molecular weight is 549 g/mol. The summed E-state index contributed by atoms with van der Waals surface area (Å²) in [6.45, 7) is 1.19. The van der Waals surface area contributed by atoms with Gasteiger partial charge in [0.15, 0.2) is 10.1 Å². The summed E-state index contributed by atoms with van der Waals surface area (Å²) in [7, 11) is 1.99. The Morgan fingerprint density at radius 3 is 2.72 bits per heavy atom. The van der Waals surface area contributed by atoms with Gasteiger partial charge in [0, 0.05) is 48.7 Å². The van der Waals surface area contributed by atoms with Crippen molar-refractivity contribution in [3.05, 3.63) is 50.5 Å². The number of amides is 4. The summed E-state index contributed by atoms with van der Waals surface area (Å²) in [4.78, 5) is 65.8. The van der Waals surface area contributed by atoms with Crippen LogP contribution in [0.3, 0.4) is 0 Å². The van der Waals surface area contributed by atoms with Crippen LogP contribution in [-0.2, 0) is 27.3 Å². The lowest BCUT2D eigenvalue weighted by atomic mass is 10.2. The molecular weight excluding hydrogens is 528 g/mol. The molecule has 0 aromatic carbocycles. The number of carbonyl (C=O) groups excluding carboxylic acids is 4. The van der Waals surface area contributed by atoms with Gasteiger partial charge in [0.05, 0.1) is 10.7 Å². The van der Waals surface area contributed by atoms with Crippen molar-refractivity contribution in [2.24, 2.45) is 0 Å². The van der Waals surface area contributed by atoms with Crippen molar-refractivity contribution in [3.63, 3.8) is 0 Å². The quantitative estimate of drug-likeness (QED) is 0.320. The van der Waals surface area contributed by atoms with Crippen LogP contribution in [0.4, 0.5) is 10.9 Å². The Labute approximate surface area is 218 Å². The van der Waals surface area contributed by atoms with E-state index in [2.05, 4.69) is 41.1 Å². The summed E-state index contributed by atoms with van der Waals surface area (Å²) in [6.07, 6.45) is 3.57. The topological polar surface area (TPSA) is 158 Å². The third-order valence-electron chi connectivity index (χ3n) is 5.04. The molecule has 188 valence electrons. The van der Waals surface area contributed by atoms with Gasteiger partial charge in [0.2, 0.25) is 0 Å². The second-order valence-corrected chi connectivity index (χ2v) is 10.2. The number of rotatable bonds is 7. The molecule has 0 fully saturated rings. The molecule has 3 aromatic rings. The van der Waals surface area contributed by atoms with Crippen LogP contribution in [0.25, 0.3) is 0 Å². The monoisotopic (exact) mass is 548 g/mol. The largest absolute Gasteiger partial charge is 0.345 e. The Morgan fingerprint density at radius 1 is 1.17 bits per heavy atom. The first-order valence-corrected chi connectivity index (χ1v) is 12.7. The fourth-order valence-corrected chi connectivity index (χ4v) is 4.96. The maximum Gasteiger partial charge on any atom is 0.314 e. The van der Waals surface area contributed by atoms with Gasteiger partial charge in [0.25, 0.3) is 11.8 Å². The Balaban J connectivity index is 1.41. The van der Waals surface area contributed by atoms with Crippen molar-refractivity contribution in [2.45, 2.75) is 19.0 Å². The van der Waals surface area contributed by atoms with E-state index in [-0.39, 0.29) is 17.4 Å². The van der Waals surface area contributed by atoms with Crippen molar-refractivity contribution < 1.29 is 19.2 Å². The average Bonchev–Trinajstić information content (AvgIpc) is 3.52. The predicted octanol–water partition coefficient (Wildman–Crippen LogP) is 1.13. The summed E-state index contributed by atoms with van der Waals surface area (Å²) in [5.74, 6) is -3.04. The Bertz CT molecular complexity index is 1270. The molecule has 0 saturated heterocycles. The number of anilines is 2. The van der Waals surface area contributed by atoms with E-state index in [0.29, 0.717) is 16.7 Å². The van der Waals surface area contributed by atoms with E-state index in [1.54, 1.807) is 5.38 Å². The van der Waals surface area contributed by atoms with Crippen LogP contribution in [0, 0.1) is 0 Å². The number of nitrogens with zero attached hydrogens (tertiary/aromatic N) is 4. The normalized spacial score (nSPS) is 13.8. The molecule has 0 bridgehead atoms. The standard InChI is InChI=1S/C21H21ClN8O4S2/c1-30-6-4-12-14(10-30)36-20(27-12)19(34)26-13(16(31)29-21-23-5-7-35-21)9-25-17(32)18(33)28-15-3-2-11(22)8-24-15/h2-3,5,7-8,13H,4,6,9-10H2,1H3,(H,25,32)(H,26,34)(H,23,29,31)(H,24,28,33). The summed E-state index contributed by atoms with van der Waals surface area (Å²) in [6, 6.07) is 1.74. The van der Waals surface area contributed by atoms with Crippen molar-refractivity contribution in [1.82, 2.24) is 30.5 Å². The molecule has 4 amide bonds. The van der Waals surface area contributed by atoms with Crippen molar-refractivity contribution in [2.75, 3.05) is 30.8 Å². The minimum absolute atomic E-state index is 0.129. The molecule has 15 heteroatoms. The lowest BCUT2D eigenvalue weighted by molar-refractivity contribution is -0.136. The van der Waals surface area contributed by atoms with E-state index in [1.807, 2.05) is 7.05 Å². The van der Waals surface area contributed by atoms with Gasteiger partial charge < -0.3 is 26.2 Å². The molecule has 0 radical (unpaired) electrons. The highest BCUT2D eigenvalue weighted by molar-refractivity contribution is 7.14. The number of carbonyl (C=O) groups is 4. The number of pyridine rings is 1. The first kappa shape index (κ1) is 25.6. The van der Waals surface area contributed by atoms with E-state index in [0.717, 1.165) is 23.5 Å². The maximum absolute atomic E-state index is 12.9. The summed E-state index contributed by atoms with van der Waals surface area (Å²) in [5, 5.41) is 12.5. The van der Waals surface area contributed by atoms with Gasteiger partial charge in [-0.3, -0.25) is 19.2 Å². The molecule has 4 N–H and O–H groups in total. The molecular formula is C21H21ClN8O4S2. The zero-order valence-corrected chi connectivity index (χ0v) is 21.3. The van der Waals surface area contributed by atoms with Crippen LogP contribution in [0.2, 0.25) is 5.02 Å². The van der Waals surface area contributed by atoms with Crippen molar-refractivity contribution >= 4 is 68.9 Å². The molecule has 1 unspecified atom stereocenters. The lowest BCUT2D eigenvalue weighted by Gasteiger charge is -2.20. The SMILES string of the molecule is CN1CCc2nc(C(=O)NC(CNC(=O)C(=O)Nc3ccc(Cl)cn3)C(=O)Nc3nccs3)sc2C1. The molecule has 3 aromatic heterocycles. The van der Waals surface area contributed by atoms with E-state index in [9.17, 15) is 19.2 Å². The van der Waals surface area contributed by atoms with Crippen LogP contribution in [0.5, 0.6) is 0 Å². The number of nitrogens with one attached hydrogen (secondary N) is 4. The number of halogens is 1. The van der Waals surface area contributed by atoms with Gasteiger partial charge in [-0.2, -0.15) is 0 Å². The number of hydrogen-bond donors (Lipinski definition) is 4. The molecule has 0 aliphatic carbocycles. The molecule has 0 spiro atoms. The minimum atomic E-state index is -1.20. The molecule has 4 rings (SSSR count). The fraction of sp³-hybridized carbons (Fsp3) is 0.286. The third kappa shape index (κ3) is 6.60. The summed E-state index contributed by atoms with van der Waals surface area (Å²) in [5.41, 5.74) is 0.868. The zero-order chi connectivity index (χ0) is 25.7. The van der Waals surface area contributed by atoms with E-state index in [1.165, 1.54) is 47.2 Å². The number of likely N-dealkylation sites (N-methyl/N-ethyl adjacent to an activating group) is 1. The van der Waals surface area contributed by atoms with Gasteiger partial charge in [-0.05, 0) is 19.2 Å². The highest BCUT2D eigenvalue weighted by Crippen LogP contribution is 2.24. The predicted molar refractivity (Wildman–Crippen MR) is 135 cm³/mol. The Hall–Kier alpha value is -3.46. The molecule has 4 heterocycles. The van der Waals surface area contributed by atoms with Gasteiger partial charge in [-0.15, -0.1) is 22.7 Å². The first-order chi connectivity index (χ1) is 17.3. The number of hydrogen-bond acceptors (Lipinski definition) is 10. The molecule has 36 heavy (non-hydrogen) atoms. The molecule has 12 nitrogen and oxygen atoms in total. The second kappa shape index (κ2) is 11.5. The molecule has 1 atom stereocenters. The van der Waals surface area contributed by atoms with Gasteiger partial charge >= 0.3 is 11.8 Å². The molecule has 1 aliphatic heterocycles. The number of thiazole rings is 2. The minimum Gasteiger partial charge on any atom is -0.345 e. The number of aromatic nitrogens is 3. The second-order valence-electron chi connectivity index (χ2n) is 7.76. The fourth-order valence-electron chi connectivity index (χ4n) is 3.23. The Kier molecular flexibility index (Phi) is 8.20. The van der Waals surface area contributed by atoms with Crippen molar-refractivity contribution in [1.29, 1.82) is 0 Å². The number of fused-ring (bicyclic) bond motifs is 1. The van der Waals surface area contributed by atoms with E-state index in [4.69, 9.17) is 11.6 Å². The molecule has 0 saturated carbocycles. The van der Waals surface area contributed by atoms with E-state index < -0.39 is 29.7 Å². The highest BCUT2D eigenvalue weighted by atomic mass is 35.5. The van der Waals surface area contributed by atoms with Crippen LogP contribution < -0.4 is 21.3 Å². The van der Waals surface area contributed by atoms with Crippen LogP contribution in [-0.4, -0.2) is 69.7 Å². The Morgan fingerprint density at radius 2 is 2.00 bits per heavy atom. The van der Waals surface area contributed by atoms with Gasteiger partial charge in [-0.25, -0.2) is 15.0 Å². The van der Waals surface area contributed by atoms with Crippen molar-refractivity contribution in [3.8, 4) is 0 Å². The van der Waals surface area contributed by atoms with Gasteiger partial charge in [-0.1, -0.05) is 11.6 Å². The van der Waals surface area contributed by atoms with Crippen LogP contribution in [0.15, 0.2) is 29.9 Å². The van der Waals surface area contributed by atoms with E-state index >= 15 is 0 Å². The summed E-state index contributed by atoms with van der Waals surface area (Å²) < 4.78 is 0. The van der Waals surface area contributed by atoms with Crippen LogP contribution in [0.1, 0.15) is 20.4 Å². The highest BCUT2D eigenvalue weighted by Gasteiger charge is 2.27. The molecule has 1 aliphatic rings. The first-order valence-electron chi connectivity index (χ1n) is 10.7. The summed E-state index contributed by atoms with van der Waals surface area (Å²) >= 11 is 8.22. The maximum atomic E-state index is 12.9. The third-order valence-corrected chi connectivity index (χ3v) is 7.04. The zero-order valence-electron chi connectivity index (χ0n) is 18.9. The smallest absolute Gasteiger partial charge is 0.314 e. The van der Waals surface area contributed by atoms with Gasteiger partial charge in [0.1, 0.15) is 11.9 Å². The lowest BCUT2D eigenvalue weighted by Crippen LogP contribution is -2.52.